The average Bonchev–Trinajstić information content (AvgIpc) is 2.28. The van der Waals surface area contributed by atoms with Gasteiger partial charge in [-0.1, -0.05) is 60.7 Å². The van der Waals surface area contributed by atoms with E-state index < -0.39 is 0 Å². The van der Waals surface area contributed by atoms with Crippen molar-refractivity contribution in [3.8, 4) is 0 Å². The Morgan fingerprint density at radius 1 is 1.19 bits per heavy atom. The van der Waals surface area contributed by atoms with Crippen molar-refractivity contribution in [1.29, 1.82) is 0 Å². The highest BCUT2D eigenvalue weighted by atomic mass is 79.9. The molecule has 1 aromatic carbocycles. The molecule has 0 heterocycles. The minimum Gasteiger partial charge on any atom is -0.294 e. The zero-order chi connectivity index (χ0) is 11.8. The molecule has 0 unspecified atom stereocenters. The van der Waals surface area contributed by atoms with Gasteiger partial charge < -0.3 is 0 Å². The Hall–Kier alpha value is -0.630. The second-order valence-electron chi connectivity index (χ2n) is 4.10. The van der Waals surface area contributed by atoms with Gasteiger partial charge in [0.05, 0.1) is 0 Å². The van der Waals surface area contributed by atoms with Gasteiger partial charge in [0.25, 0.3) is 0 Å². The number of carbonyl (C=O) groups excluding carboxylic acids is 1. The van der Waals surface area contributed by atoms with Crippen LogP contribution in [-0.2, 0) is 0 Å². The lowest BCUT2D eigenvalue weighted by Gasteiger charge is -2.01. The third kappa shape index (κ3) is 4.93. The van der Waals surface area contributed by atoms with E-state index in [4.69, 9.17) is 0 Å². The van der Waals surface area contributed by atoms with Crippen molar-refractivity contribution < 1.29 is 4.79 Å². The maximum atomic E-state index is 11.8. The minimum atomic E-state index is 0.262. The number of hydrogen-bond donors (Lipinski definition) is 0. The summed E-state index contributed by atoms with van der Waals surface area (Å²) in [6, 6.07) is 7.64. The summed E-state index contributed by atoms with van der Waals surface area (Å²) >= 11 is 3.38. The van der Waals surface area contributed by atoms with E-state index in [0.717, 1.165) is 16.5 Å². The lowest BCUT2D eigenvalue weighted by atomic mass is 10.0. The normalized spacial score (nSPS) is 10.4. The summed E-state index contributed by atoms with van der Waals surface area (Å²) in [7, 11) is 0. The van der Waals surface area contributed by atoms with E-state index >= 15 is 0 Å². The topological polar surface area (TPSA) is 17.1 Å². The Morgan fingerprint density at radius 3 is 2.62 bits per heavy atom. The quantitative estimate of drug-likeness (QED) is 0.509. The number of Topliss-reactive ketones (excluding diaryl/α,β-unsaturated/α-hetero) is 1. The standard InChI is InChI=1S/C14H19BrO/c1-2-3-4-5-6-10-14(16)12-8-7-9-13(15)11-12/h7-9,11H,2-6,10H2,1H3. The fraction of sp³-hybridized carbons (Fsp3) is 0.500. The molecule has 2 heteroatoms. The fourth-order valence-corrected chi connectivity index (χ4v) is 2.09. The minimum absolute atomic E-state index is 0.262. The van der Waals surface area contributed by atoms with Crippen LogP contribution in [0.2, 0.25) is 0 Å². The fourth-order valence-electron chi connectivity index (χ4n) is 1.70. The molecule has 0 spiro atoms. The molecule has 0 aliphatic carbocycles. The molecule has 0 bridgehead atoms. The zero-order valence-electron chi connectivity index (χ0n) is 9.84. The first-order chi connectivity index (χ1) is 7.74. The van der Waals surface area contributed by atoms with Crippen LogP contribution in [0.3, 0.4) is 0 Å². The molecule has 0 atom stereocenters. The van der Waals surface area contributed by atoms with Crippen molar-refractivity contribution in [2.75, 3.05) is 0 Å². The molecule has 0 fully saturated rings. The number of carbonyl (C=O) groups is 1. The molecule has 0 aliphatic rings. The van der Waals surface area contributed by atoms with Crippen molar-refractivity contribution in [3.63, 3.8) is 0 Å². The van der Waals surface area contributed by atoms with Crippen LogP contribution in [0.25, 0.3) is 0 Å². The number of ketones is 1. The molecular weight excluding hydrogens is 264 g/mol. The summed E-state index contributed by atoms with van der Waals surface area (Å²) in [5, 5.41) is 0. The SMILES string of the molecule is CCCCCCCC(=O)c1cccc(Br)c1. The summed E-state index contributed by atoms with van der Waals surface area (Å²) in [6.07, 6.45) is 6.66. The van der Waals surface area contributed by atoms with E-state index in [1.807, 2.05) is 24.3 Å². The van der Waals surface area contributed by atoms with E-state index in [9.17, 15) is 4.79 Å². The molecule has 16 heavy (non-hydrogen) atoms. The van der Waals surface area contributed by atoms with Crippen LogP contribution in [0.5, 0.6) is 0 Å². The van der Waals surface area contributed by atoms with Gasteiger partial charge in [-0.15, -0.1) is 0 Å². The molecular formula is C14H19BrO. The highest BCUT2D eigenvalue weighted by molar-refractivity contribution is 9.10. The van der Waals surface area contributed by atoms with Crippen LogP contribution >= 0.6 is 15.9 Å². The van der Waals surface area contributed by atoms with Gasteiger partial charge in [0.1, 0.15) is 0 Å². The van der Waals surface area contributed by atoms with Gasteiger partial charge in [-0.05, 0) is 18.6 Å². The second kappa shape index (κ2) is 7.61. The van der Waals surface area contributed by atoms with Crippen molar-refractivity contribution in [3.05, 3.63) is 34.3 Å². The van der Waals surface area contributed by atoms with Gasteiger partial charge in [0, 0.05) is 16.5 Å². The Labute approximate surface area is 106 Å². The molecule has 1 rings (SSSR count). The smallest absolute Gasteiger partial charge is 0.162 e. The number of hydrogen-bond acceptors (Lipinski definition) is 1. The summed E-state index contributed by atoms with van der Waals surface area (Å²) < 4.78 is 0.976. The number of rotatable bonds is 7. The van der Waals surface area contributed by atoms with E-state index in [0.29, 0.717) is 6.42 Å². The van der Waals surface area contributed by atoms with Gasteiger partial charge in [-0.2, -0.15) is 0 Å². The van der Waals surface area contributed by atoms with Gasteiger partial charge in [-0.25, -0.2) is 0 Å². The van der Waals surface area contributed by atoms with Crippen LogP contribution in [0.1, 0.15) is 55.8 Å². The highest BCUT2D eigenvalue weighted by Gasteiger charge is 2.05. The van der Waals surface area contributed by atoms with Gasteiger partial charge in [0.15, 0.2) is 5.78 Å². The maximum absolute atomic E-state index is 11.8. The average molecular weight is 283 g/mol. The monoisotopic (exact) mass is 282 g/mol. The number of benzene rings is 1. The first-order valence-corrected chi connectivity index (χ1v) is 6.82. The van der Waals surface area contributed by atoms with E-state index in [2.05, 4.69) is 22.9 Å². The summed E-state index contributed by atoms with van der Waals surface area (Å²) in [5.74, 6) is 0.262. The van der Waals surface area contributed by atoms with Crippen LogP contribution in [0.4, 0.5) is 0 Å². The second-order valence-corrected chi connectivity index (χ2v) is 5.01. The lowest BCUT2D eigenvalue weighted by molar-refractivity contribution is 0.0979. The van der Waals surface area contributed by atoms with Gasteiger partial charge in [0.2, 0.25) is 0 Å². The van der Waals surface area contributed by atoms with E-state index in [-0.39, 0.29) is 5.78 Å². The molecule has 88 valence electrons. The molecule has 0 N–H and O–H groups in total. The summed E-state index contributed by atoms with van der Waals surface area (Å²) in [6.45, 7) is 2.20. The number of unbranched alkanes of at least 4 members (excludes halogenated alkanes) is 4. The Kier molecular flexibility index (Phi) is 6.39. The Morgan fingerprint density at radius 2 is 1.94 bits per heavy atom. The molecule has 1 aromatic rings. The zero-order valence-corrected chi connectivity index (χ0v) is 11.4. The largest absolute Gasteiger partial charge is 0.294 e. The lowest BCUT2D eigenvalue weighted by Crippen LogP contribution is -1.98. The molecule has 1 nitrogen and oxygen atoms in total. The molecule has 0 aliphatic heterocycles. The Balaban J connectivity index is 2.30. The third-order valence-electron chi connectivity index (χ3n) is 2.65. The van der Waals surface area contributed by atoms with Crippen molar-refractivity contribution in [2.45, 2.75) is 45.4 Å². The molecule has 0 saturated carbocycles. The first-order valence-electron chi connectivity index (χ1n) is 6.03. The number of halogens is 1. The van der Waals surface area contributed by atoms with Gasteiger partial charge in [-0.3, -0.25) is 4.79 Å². The summed E-state index contributed by atoms with van der Waals surface area (Å²) in [5.41, 5.74) is 0.824. The van der Waals surface area contributed by atoms with Crippen LogP contribution in [0, 0.1) is 0 Å². The van der Waals surface area contributed by atoms with Gasteiger partial charge >= 0.3 is 0 Å². The van der Waals surface area contributed by atoms with E-state index in [1.165, 1.54) is 25.7 Å². The third-order valence-corrected chi connectivity index (χ3v) is 3.15. The van der Waals surface area contributed by atoms with E-state index in [1.54, 1.807) is 0 Å². The summed E-state index contributed by atoms with van der Waals surface area (Å²) in [4.78, 5) is 11.8. The van der Waals surface area contributed by atoms with Crippen LogP contribution in [-0.4, -0.2) is 5.78 Å². The van der Waals surface area contributed by atoms with Crippen molar-refractivity contribution in [1.82, 2.24) is 0 Å². The molecule has 0 aromatic heterocycles. The molecule has 0 saturated heterocycles. The maximum Gasteiger partial charge on any atom is 0.162 e. The van der Waals surface area contributed by atoms with Crippen LogP contribution < -0.4 is 0 Å². The molecule has 0 amide bonds. The molecule has 0 radical (unpaired) electrons. The van der Waals surface area contributed by atoms with Crippen molar-refractivity contribution >= 4 is 21.7 Å². The highest BCUT2D eigenvalue weighted by Crippen LogP contribution is 2.15. The van der Waals surface area contributed by atoms with Crippen LogP contribution in [0.15, 0.2) is 28.7 Å². The predicted octanol–water partition coefficient (Wildman–Crippen LogP) is 4.99. The Bertz CT molecular complexity index is 333. The van der Waals surface area contributed by atoms with Crippen molar-refractivity contribution in [2.24, 2.45) is 0 Å². The first kappa shape index (κ1) is 13.4. The predicted molar refractivity (Wildman–Crippen MR) is 71.8 cm³/mol.